The number of carbonyl (C=O) groups is 1. The second-order valence-electron chi connectivity index (χ2n) is 6.40. The van der Waals surface area contributed by atoms with Gasteiger partial charge in [0.1, 0.15) is 5.58 Å². The van der Waals surface area contributed by atoms with Crippen molar-refractivity contribution in [2.45, 2.75) is 25.2 Å². The number of halogens is 1. The average Bonchev–Trinajstić information content (AvgIpc) is 3.05. The Morgan fingerprint density at radius 2 is 2.04 bits per heavy atom. The molecule has 0 aliphatic rings. The minimum atomic E-state index is -1.69. The SMILES string of the molecule is Nc1ccc(CCC(=O)N[C@@H](Cc2coc3ccccc23)B(O)O)cc1Cl. The van der Waals surface area contributed by atoms with Gasteiger partial charge in [0.05, 0.1) is 22.9 Å². The van der Waals surface area contributed by atoms with E-state index >= 15 is 0 Å². The molecule has 0 bridgehead atoms. The van der Waals surface area contributed by atoms with Gasteiger partial charge >= 0.3 is 7.12 Å². The van der Waals surface area contributed by atoms with E-state index in [2.05, 4.69) is 5.32 Å². The number of para-hydroxylation sites is 1. The molecule has 1 atom stereocenters. The summed E-state index contributed by atoms with van der Waals surface area (Å²) < 4.78 is 5.46. The lowest BCUT2D eigenvalue weighted by Crippen LogP contribution is -2.47. The molecule has 1 aromatic heterocycles. The highest BCUT2D eigenvalue weighted by Crippen LogP contribution is 2.22. The Balaban J connectivity index is 1.61. The molecule has 8 heteroatoms. The number of nitrogens with one attached hydrogen (secondary N) is 1. The van der Waals surface area contributed by atoms with Crippen LogP contribution in [-0.4, -0.2) is 29.0 Å². The Morgan fingerprint density at radius 3 is 2.78 bits per heavy atom. The molecule has 0 aliphatic heterocycles. The Hall–Kier alpha value is -2.48. The number of amides is 1. The number of hydrogen-bond acceptors (Lipinski definition) is 5. The lowest BCUT2D eigenvalue weighted by atomic mass is 9.76. The van der Waals surface area contributed by atoms with E-state index in [0.717, 1.165) is 16.5 Å². The van der Waals surface area contributed by atoms with E-state index in [1.807, 2.05) is 30.3 Å². The molecule has 140 valence electrons. The first-order valence-corrected chi connectivity index (χ1v) is 8.96. The summed E-state index contributed by atoms with van der Waals surface area (Å²) in [4.78, 5) is 12.3. The number of anilines is 1. The fourth-order valence-corrected chi connectivity index (χ4v) is 3.12. The predicted molar refractivity (Wildman–Crippen MR) is 106 cm³/mol. The molecule has 0 saturated heterocycles. The molecule has 2 aromatic carbocycles. The van der Waals surface area contributed by atoms with Crippen molar-refractivity contribution >= 4 is 41.3 Å². The summed E-state index contributed by atoms with van der Waals surface area (Å²) in [5.41, 5.74) is 8.55. The second-order valence-corrected chi connectivity index (χ2v) is 6.81. The zero-order valence-electron chi connectivity index (χ0n) is 14.6. The van der Waals surface area contributed by atoms with Crippen LogP contribution < -0.4 is 11.1 Å². The quantitative estimate of drug-likeness (QED) is 0.368. The van der Waals surface area contributed by atoms with Crippen LogP contribution >= 0.6 is 11.6 Å². The molecule has 0 fully saturated rings. The van der Waals surface area contributed by atoms with Crippen LogP contribution in [-0.2, 0) is 17.6 Å². The maximum absolute atomic E-state index is 12.3. The van der Waals surface area contributed by atoms with E-state index in [4.69, 9.17) is 21.8 Å². The summed E-state index contributed by atoms with van der Waals surface area (Å²) in [5, 5.41) is 23.3. The number of hydrogen-bond donors (Lipinski definition) is 4. The maximum Gasteiger partial charge on any atom is 0.475 e. The van der Waals surface area contributed by atoms with Gasteiger partial charge in [-0.05, 0) is 42.2 Å². The molecule has 0 unspecified atom stereocenters. The van der Waals surface area contributed by atoms with E-state index in [-0.39, 0.29) is 18.7 Å². The van der Waals surface area contributed by atoms with Crippen LogP contribution in [0.3, 0.4) is 0 Å². The molecular weight excluding hydrogens is 366 g/mol. The van der Waals surface area contributed by atoms with Gasteiger partial charge in [-0.3, -0.25) is 4.79 Å². The Kier molecular flexibility index (Phi) is 6.06. The van der Waals surface area contributed by atoms with Crippen molar-refractivity contribution in [1.82, 2.24) is 5.32 Å². The fraction of sp³-hybridized carbons (Fsp3) is 0.211. The van der Waals surface area contributed by atoms with Crippen LogP contribution in [0.1, 0.15) is 17.5 Å². The third-order valence-corrected chi connectivity index (χ3v) is 4.74. The highest BCUT2D eigenvalue weighted by Gasteiger charge is 2.26. The molecule has 6 nitrogen and oxygen atoms in total. The first-order valence-electron chi connectivity index (χ1n) is 8.58. The molecule has 5 N–H and O–H groups in total. The lowest BCUT2D eigenvalue weighted by molar-refractivity contribution is -0.121. The van der Waals surface area contributed by atoms with Crippen LogP contribution in [0.4, 0.5) is 5.69 Å². The number of furan rings is 1. The largest absolute Gasteiger partial charge is 0.475 e. The molecule has 0 radical (unpaired) electrons. The van der Waals surface area contributed by atoms with Gasteiger partial charge in [0, 0.05) is 11.8 Å². The predicted octanol–water partition coefficient (Wildman–Crippen LogP) is 2.34. The molecule has 0 saturated carbocycles. The monoisotopic (exact) mass is 386 g/mol. The summed E-state index contributed by atoms with van der Waals surface area (Å²) in [5.74, 6) is -1.12. The number of aryl methyl sites for hydroxylation is 1. The molecule has 0 aliphatic carbocycles. The number of rotatable bonds is 7. The van der Waals surface area contributed by atoms with Crippen LogP contribution in [0.25, 0.3) is 11.0 Å². The van der Waals surface area contributed by atoms with Gasteiger partial charge in [-0.1, -0.05) is 35.9 Å². The third kappa shape index (κ3) is 4.83. The van der Waals surface area contributed by atoms with Crippen molar-refractivity contribution < 1.29 is 19.3 Å². The zero-order chi connectivity index (χ0) is 19.4. The first kappa shape index (κ1) is 19.3. The number of fused-ring (bicyclic) bond motifs is 1. The van der Waals surface area contributed by atoms with Gasteiger partial charge in [0.2, 0.25) is 5.91 Å². The normalized spacial score (nSPS) is 12.1. The van der Waals surface area contributed by atoms with Crippen molar-refractivity contribution in [2.24, 2.45) is 0 Å². The molecule has 1 heterocycles. The summed E-state index contributed by atoms with van der Waals surface area (Å²) in [6, 6.07) is 12.7. The smallest absolute Gasteiger partial charge is 0.464 e. The molecule has 3 aromatic rings. The van der Waals surface area contributed by atoms with Crippen molar-refractivity contribution in [3.05, 3.63) is 64.9 Å². The van der Waals surface area contributed by atoms with Gasteiger partial charge in [-0.2, -0.15) is 0 Å². The van der Waals surface area contributed by atoms with E-state index in [1.165, 1.54) is 0 Å². The molecule has 3 rings (SSSR count). The van der Waals surface area contributed by atoms with Crippen molar-refractivity contribution in [3.63, 3.8) is 0 Å². The fourth-order valence-electron chi connectivity index (χ4n) is 2.92. The van der Waals surface area contributed by atoms with Gasteiger partial charge in [-0.25, -0.2) is 0 Å². The number of benzene rings is 2. The highest BCUT2D eigenvalue weighted by atomic mass is 35.5. The van der Waals surface area contributed by atoms with E-state index in [1.54, 1.807) is 18.4 Å². The van der Waals surface area contributed by atoms with Crippen molar-refractivity contribution in [3.8, 4) is 0 Å². The standard InChI is InChI=1S/C19H20BClN2O4/c21-15-9-12(5-7-16(15)22)6-8-19(24)23-18(20(25)26)10-13-11-27-17-4-2-1-3-14(13)17/h1-5,7,9,11,18,25-26H,6,8,10,22H2,(H,23,24)/t18-/m0/s1. The van der Waals surface area contributed by atoms with Crippen LogP contribution in [0.5, 0.6) is 0 Å². The number of carbonyl (C=O) groups excluding carboxylic acids is 1. The van der Waals surface area contributed by atoms with Gasteiger partial charge in [-0.15, -0.1) is 0 Å². The van der Waals surface area contributed by atoms with E-state index in [0.29, 0.717) is 22.7 Å². The van der Waals surface area contributed by atoms with Crippen LogP contribution in [0, 0.1) is 0 Å². The molecule has 1 amide bonds. The van der Waals surface area contributed by atoms with Gasteiger partial charge in [0.15, 0.2) is 0 Å². The highest BCUT2D eigenvalue weighted by molar-refractivity contribution is 6.43. The zero-order valence-corrected chi connectivity index (χ0v) is 15.3. The molecule has 0 spiro atoms. The minimum Gasteiger partial charge on any atom is -0.464 e. The van der Waals surface area contributed by atoms with Gasteiger partial charge < -0.3 is 25.5 Å². The van der Waals surface area contributed by atoms with E-state index < -0.39 is 13.1 Å². The lowest BCUT2D eigenvalue weighted by Gasteiger charge is -2.17. The summed E-state index contributed by atoms with van der Waals surface area (Å²) in [7, 11) is -1.69. The second kappa shape index (κ2) is 8.48. The van der Waals surface area contributed by atoms with E-state index in [9.17, 15) is 14.8 Å². The summed E-state index contributed by atoms with van der Waals surface area (Å²) in [6.45, 7) is 0. The van der Waals surface area contributed by atoms with Crippen LogP contribution in [0.2, 0.25) is 5.02 Å². The van der Waals surface area contributed by atoms with Crippen LogP contribution in [0.15, 0.2) is 53.1 Å². The van der Waals surface area contributed by atoms with Crippen molar-refractivity contribution in [2.75, 3.05) is 5.73 Å². The van der Waals surface area contributed by atoms with Gasteiger partial charge in [0.25, 0.3) is 0 Å². The Labute approximate surface area is 162 Å². The minimum absolute atomic E-state index is 0.190. The Morgan fingerprint density at radius 1 is 1.26 bits per heavy atom. The topological polar surface area (TPSA) is 109 Å². The average molecular weight is 387 g/mol. The first-order chi connectivity index (χ1) is 12.9. The molecule has 27 heavy (non-hydrogen) atoms. The number of nitrogen functional groups attached to an aromatic ring is 1. The van der Waals surface area contributed by atoms with Crippen molar-refractivity contribution in [1.29, 1.82) is 0 Å². The Bertz CT molecular complexity index is 944. The maximum atomic E-state index is 12.3. The summed E-state index contributed by atoms with van der Waals surface area (Å²) >= 11 is 5.98. The number of nitrogens with two attached hydrogens (primary N) is 1. The molecular formula is C19H20BClN2O4. The summed E-state index contributed by atoms with van der Waals surface area (Å²) in [6.07, 6.45) is 2.47. The third-order valence-electron chi connectivity index (χ3n) is 4.41.